The molecule has 0 saturated carbocycles. The van der Waals surface area contributed by atoms with Crippen LogP contribution in [-0.2, 0) is 0 Å². The van der Waals surface area contributed by atoms with Gasteiger partial charge in [-0.1, -0.05) is 22.5 Å². The van der Waals surface area contributed by atoms with Gasteiger partial charge in [0.1, 0.15) is 6.61 Å². The van der Waals surface area contributed by atoms with Gasteiger partial charge >= 0.3 is 0 Å². The zero-order valence-electron chi connectivity index (χ0n) is 7.46. The molecule has 0 spiro atoms. The summed E-state index contributed by atoms with van der Waals surface area (Å²) >= 11 is 7.26. The molecule has 0 N–H and O–H groups in total. The zero-order valence-corrected chi connectivity index (χ0v) is 9.95. The van der Waals surface area contributed by atoms with Crippen LogP contribution in [0.5, 0.6) is 5.75 Å². The summed E-state index contributed by atoms with van der Waals surface area (Å²) in [6.07, 6.45) is 0. The molecule has 0 radical (unpaired) electrons. The second kappa shape index (κ2) is 5.41. The van der Waals surface area contributed by atoms with Crippen LogP contribution >= 0.6 is 28.6 Å². The Morgan fingerprint density at radius 3 is 2.93 bits per heavy atom. The molecule has 0 unspecified atom stereocenters. The Hall–Kier alpha value is -0.480. The molecule has 0 amide bonds. The number of thiol groups is 1. The first-order chi connectivity index (χ1) is 6.63. The van der Waals surface area contributed by atoms with Crippen LogP contribution < -0.4 is 4.74 Å². The van der Waals surface area contributed by atoms with E-state index < -0.39 is 0 Å². The molecular weight excluding hydrogens is 267 g/mol. The van der Waals surface area contributed by atoms with Crippen LogP contribution in [0.4, 0.5) is 4.39 Å². The highest BCUT2D eigenvalue weighted by Gasteiger charge is 2.03. The minimum Gasteiger partial charge on any atom is -0.486 e. The minimum absolute atomic E-state index is 0.224. The lowest BCUT2D eigenvalue weighted by Crippen LogP contribution is -2.02. The third-order valence-electron chi connectivity index (χ3n) is 1.55. The van der Waals surface area contributed by atoms with Gasteiger partial charge in [0.25, 0.3) is 0 Å². The average molecular weight is 277 g/mol. The summed E-state index contributed by atoms with van der Waals surface area (Å²) in [7, 11) is 0. The number of halogens is 2. The smallest absolute Gasteiger partial charge is 0.165 e. The van der Waals surface area contributed by atoms with Crippen molar-refractivity contribution in [3.63, 3.8) is 0 Å². The lowest BCUT2D eigenvalue weighted by atomic mass is 10.3. The van der Waals surface area contributed by atoms with Crippen LogP contribution in [0.1, 0.15) is 0 Å². The van der Waals surface area contributed by atoms with E-state index in [9.17, 15) is 4.39 Å². The van der Waals surface area contributed by atoms with Gasteiger partial charge in [-0.3, -0.25) is 0 Å². The van der Waals surface area contributed by atoms with E-state index >= 15 is 0 Å². The van der Waals surface area contributed by atoms with E-state index in [0.29, 0.717) is 5.75 Å². The molecule has 0 aliphatic heterocycles. The van der Waals surface area contributed by atoms with Crippen LogP contribution in [0, 0.1) is 5.82 Å². The molecule has 76 valence electrons. The van der Waals surface area contributed by atoms with E-state index in [1.807, 2.05) is 0 Å². The Kier molecular flexibility index (Phi) is 4.48. The van der Waals surface area contributed by atoms with Gasteiger partial charge in [-0.05, 0) is 23.8 Å². The fourth-order valence-corrected chi connectivity index (χ4v) is 1.24. The van der Waals surface area contributed by atoms with Crippen molar-refractivity contribution in [2.75, 3.05) is 12.4 Å². The van der Waals surface area contributed by atoms with Crippen molar-refractivity contribution in [3.8, 4) is 5.75 Å². The summed E-state index contributed by atoms with van der Waals surface area (Å²) in [6.45, 7) is 3.99. The largest absolute Gasteiger partial charge is 0.486 e. The summed E-state index contributed by atoms with van der Waals surface area (Å²) in [5, 5.41) is 0. The first kappa shape index (κ1) is 11.6. The van der Waals surface area contributed by atoms with E-state index in [1.165, 1.54) is 6.07 Å². The van der Waals surface area contributed by atoms with Crippen molar-refractivity contribution >= 4 is 28.6 Å². The molecule has 0 heterocycles. The van der Waals surface area contributed by atoms with Crippen LogP contribution in [0.25, 0.3) is 0 Å². The maximum absolute atomic E-state index is 13.1. The topological polar surface area (TPSA) is 9.23 Å². The van der Waals surface area contributed by atoms with Gasteiger partial charge in [0.15, 0.2) is 11.6 Å². The van der Waals surface area contributed by atoms with Crippen molar-refractivity contribution in [3.05, 3.63) is 40.6 Å². The van der Waals surface area contributed by atoms with Gasteiger partial charge in [-0.2, -0.15) is 12.6 Å². The van der Waals surface area contributed by atoms with E-state index in [-0.39, 0.29) is 18.2 Å². The Morgan fingerprint density at radius 1 is 1.57 bits per heavy atom. The van der Waals surface area contributed by atoms with E-state index in [0.717, 1.165) is 10.0 Å². The molecule has 1 aromatic rings. The molecular formula is C10H10BrFOS. The second-order valence-electron chi connectivity index (χ2n) is 2.77. The van der Waals surface area contributed by atoms with Gasteiger partial charge in [-0.25, -0.2) is 4.39 Å². The van der Waals surface area contributed by atoms with Crippen LogP contribution in [-0.4, -0.2) is 12.4 Å². The summed E-state index contributed by atoms with van der Waals surface area (Å²) in [5.74, 6) is 0.387. The summed E-state index contributed by atoms with van der Waals surface area (Å²) < 4.78 is 19.1. The third kappa shape index (κ3) is 3.35. The zero-order chi connectivity index (χ0) is 10.6. The third-order valence-corrected chi connectivity index (χ3v) is 2.49. The normalized spacial score (nSPS) is 9.93. The number of hydrogen-bond acceptors (Lipinski definition) is 2. The second-order valence-corrected chi connectivity index (χ2v) is 4.00. The standard InChI is InChI=1S/C10H10BrFOS/c1-7(6-14)5-13-10-4-8(11)2-3-9(10)12/h2-4,14H,1,5-6H2. The molecule has 0 aliphatic rings. The molecule has 0 bridgehead atoms. The average Bonchev–Trinajstić information content (AvgIpc) is 2.19. The Morgan fingerprint density at radius 2 is 2.29 bits per heavy atom. The molecule has 14 heavy (non-hydrogen) atoms. The summed E-state index contributed by atoms with van der Waals surface area (Å²) in [4.78, 5) is 0. The molecule has 0 atom stereocenters. The molecule has 4 heteroatoms. The summed E-state index contributed by atoms with van der Waals surface area (Å²) in [5.41, 5.74) is 0.813. The van der Waals surface area contributed by atoms with Gasteiger partial charge < -0.3 is 4.74 Å². The first-order valence-corrected chi connectivity index (χ1v) is 5.41. The molecule has 0 aliphatic carbocycles. The van der Waals surface area contributed by atoms with Crippen LogP contribution in [0.2, 0.25) is 0 Å². The maximum atomic E-state index is 13.1. The van der Waals surface area contributed by atoms with Crippen molar-refractivity contribution in [2.24, 2.45) is 0 Å². The van der Waals surface area contributed by atoms with E-state index in [2.05, 4.69) is 35.1 Å². The van der Waals surface area contributed by atoms with Gasteiger partial charge in [0, 0.05) is 10.2 Å². The quantitative estimate of drug-likeness (QED) is 0.655. The van der Waals surface area contributed by atoms with E-state index in [4.69, 9.17) is 4.74 Å². The van der Waals surface area contributed by atoms with Gasteiger partial charge in [-0.15, -0.1) is 0 Å². The molecule has 0 saturated heterocycles. The summed E-state index contributed by atoms with van der Waals surface area (Å²) in [6, 6.07) is 4.56. The SMILES string of the molecule is C=C(CS)COc1cc(Br)ccc1F. The van der Waals surface area contributed by atoms with Gasteiger partial charge in [0.2, 0.25) is 0 Å². The lowest BCUT2D eigenvalue weighted by Gasteiger charge is -2.07. The highest BCUT2D eigenvalue weighted by molar-refractivity contribution is 9.10. The highest BCUT2D eigenvalue weighted by Crippen LogP contribution is 2.22. The number of rotatable bonds is 4. The number of ether oxygens (including phenoxy) is 1. The minimum atomic E-state index is -0.375. The van der Waals surface area contributed by atoms with Crippen molar-refractivity contribution in [1.29, 1.82) is 0 Å². The molecule has 0 aromatic heterocycles. The monoisotopic (exact) mass is 276 g/mol. The van der Waals surface area contributed by atoms with Crippen molar-refractivity contribution < 1.29 is 9.13 Å². The first-order valence-electron chi connectivity index (χ1n) is 3.99. The van der Waals surface area contributed by atoms with Crippen molar-refractivity contribution in [2.45, 2.75) is 0 Å². The molecule has 1 rings (SSSR count). The lowest BCUT2D eigenvalue weighted by molar-refractivity contribution is 0.333. The molecule has 0 fully saturated rings. The predicted molar refractivity (Wildman–Crippen MR) is 62.6 cm³/mol. The fraction of sp³-hybridized carbons (Fsp3) is 0.200. The van der Waals surface area contributed by atoms with E-state index in [1.54, 1.807) is 12.1 Å². The fourth-order valence-electron chi connectivity index (χ4n) is 0.813. The predicted octanol–water partition coefficient (Wildman–Crippen LogP) is 3.45. The Balaban J connectivity index is 2.66. The van der Waals surface area contributed by atoms with Crippen molar-refractivity contribution in [1.82, 2.24) is 0 Å². The molecule has 1 aromatic carbocycles. The Labute approximate surface area is 96.5 Å². The van der Waals surface area contributed by atoms with Gasteiger partial charge in [0.05, 0.1) is 0 Å². The number of benzene rings is 1. The van der Waals surface area contributed by atoms with Crippen LogP contribution in [0.3, 0.4) is 0 Å². The number of hydrogen-bond donors (Lipinski definition) is 1. The maximum Gasteiger partial charge on any atom is 0.165 e. The molecule has 1 nitrogen and oxygen atoms in total. The highest BCUT2D eigenvalue weighted by atomic mass is 79.9. The Bertz CT molecular complexity index is 341. The van der Waals surface area contributed by atoms with Crippen LogP contribution in [0.15, 0.2) is 34.8 Å².